The molecule has 1 rings (SSSR count). The molecule has 1 aromatic rings. The summed E-state index contributed by atoms with van der Waals surface area (Å²) in [6.45, 7) is 3.34. The molecule has 6 heteroatoms. The zero-order valence-corrected chi connectivity index (χ0v) is 11.7. The molecule has 3 N–H and O–H groups in total. The van der Waals surface area contributed by atoms with E-state index in [9.17, 15) is 14.0 Å². The molecule has 0 aliphatic carbocycles. The van der Waals surface area contributed by atoms with E-state index < -0.39 is 23.2 Å². The molecule has 0 heterocycles. The van der Waals surface area contributed by atoms with Gasteiger partial charge in [0.25, 0.3) is 5.91 Å². The van der Waals surface area contributed by atoms with Crippen LogP contribution in [0.2, 0.25) is 0 Å². The van der Waals surface area contributed by atoms with Gasteiger partial charge >= 0.3 is 0 Å². The Kier molecular flexibility index (Phi) is 4.45. The molecule has 18 heavy (non-hydrogen) atoms. The van der Waals surface area contributed by atoms with Crippen LogP contribution < -0.4 is 11.1 Å². The van der Waals surface area contributed by atoms with Crippen molar-refractivity contribution >= 4 is 27.7 Å². The van der Waals surface area contributed by atoms with E-state index in [4.69, 9.17) is 5.73 Å². The van der Waals surface area contributed by atoms with E-state index in [1.54, 1.807) is 13.8 Å². The topological polar surface area (TPSA) is 72.2 Å². The number of nitrogens with one attached hydrogen (secondary N) is 1. The number of carbonyl (C=O) groups is 2. The van der Waals surface area contributed by atoms with Crippen molar-refractivity contribution in [2.75, 3.05) is 0 Å². The van der Waals surface area contributed by atoms with Crippen molar-refractivity contribution in [2.24, 2.45) is 5.73 Å². The largest absolute Gasteiger partial charge is 0.370 e. The summed E-state index contributed by atoms with van der Waals surface area (Å²) in [5.41, 5.74) is 4.50. The Balaban J connectivity index is 2.82. The predicted octanol–water partition coefficient (Wildman–Crippen LogP) is 1.97. The summed E-state index contributed by atoms with van der Waals surface area (Å²) in [5.74, 6) is -1.48. The summed E-state index contributed by atoms with van der Waals surface area (Å²) in [4.78, 5) is 22.7. The van der Waals surface area contributed by atoms with Gasteiger partial charge in [-0.05, 0) is 48.0 Å². The lowest BCUT2D eigenvalue weighted by atomic mass is 9.99. The Bertz CT molecular complexity index is 489. The summed E-state index contributed by atoms with van der Waals surface area (Å²) in [6, 6.07) is 4.06. The molecule has 0 spiro atoms. The fraction of sp³-hybridized carbons (Fsp3) is 0.333. The third kappa shape index (κ3) is 4.10. The van der Waals surface area contributed by atoms with E-state index in [-0.39, 0.29) is 16.5 Å². The van der Waals surface area contributed by atoms with Crippen molar-refractivity contribution < 1.29 is 14.0 Å². The number of hydrogen-bond donors (Lipinski definition) is 2. The first-order valence-corrected chi connectivity index (χ1v) is 6.06. The minimum absolute atomic E-state index is 0.0117. The molecular weight excluding hydrogens is 303 g/mol. The van der Waals surface area contributed by atoms with Gasteiger partial charge in [-0.15, -0.1) is 0 Å². The van der Waals surface area contributed by atoms with Crippen LogP contribution in [-0.4, -0.2) is 17.4 Å². The highest BCUT2D eigenvalue weighted by atomic mass is 79.9. The van der Waals surface area contributed by atoms with Gasteiger partial charge in [0.05, 0.1) is 4.47 Å². The minimum atomic E-state index is -0.771. The maximum atomic E-state index is 13.3. The molecule has 0 aliphatic rings. The molecule has 0 radical (unpaired) electrons. The van der Waals surface area contributed by atoms with Gasteiger partial charge in [-0.1, -0.05) is 0 Å². The van der Waals surface area contributed by atoms with Crippen LogP contribution in [-0.2, 0) is 4.79 Å². The van der Waals surface area contributed by atoms with Gasteiger partial charge in [-0.3, -0.25) is 9.59 Å². The van der Waals surface area contributed by atoms with E-state index in [0.29, 0.717) is 0 Å². The summed E-state index contributed by atoms with van der Waals surface area (Å²) in [5, 5.41) is 2.63. The molecule has 0 bridgehead atoms. The lowest BCUT2D eigenvalue weighted by molar-refractivity contribution is -0.119. The molecule has 0 fully saturated rings. The highest BCUT2D eigenvalue weighted by Crippen LogP contribution is 2.17. The summed E-state index contributed by atoms with van der Waals surface area (Å²) < 4.78 is 13.6. The maximum absolute atomic E-state index is 13.3. The number of nitrogens with two attached hydrogens (primary N) is 1. The number of hydrogen-bond acceptors (Lipinski definition) is 2. The first kappa shape index (κ1) is 14.6. The lowest BCUT2D eigenvalue weighted by Crippen LogP contribution is -2.46. The molecule has 0 unspecified atom stereocenters. The maximum Gasteiger partial charge on any atom is 0.251 e. The zero-order valence-electron chi connectivity index (χ0n) is 10.1. The minimum Gasteiger partial charge on any atom is -0.370 e. The molecule has 2 amide bonds. The normalized spacial score (nSPS) is 11.1. The van der Waals surface area contributed by atoms with Gasteiger partial charge in [0.2, 0.25) is 5.91 Å². The van der Waals surface area contributed by atoms with Crippen molar-refractivity contribution in [1.82, 2.24) is 5.32 Å². The van der Waals surface area contributed by atoms with E-state index in [1.165, 1.54) is 12.1 Å². The van der Waals surface area contributed by atoms with Crippen LogP contribution in [0.15, 0.2) is 22.7 Å². The number of rotatable bonds is 4. The quantitative estimate of drug-likeness (QED) is 0.891. The second kappa shape index (κ2) is 5.48. The number of benzene rings is 1. The van der Waals surface area contributed by atoms with Crippen molar-refractivity contribution in [3.05, 3.63) is 34.1 Å². The van der Waals surface area contributed by atoms with Crippen LogP contribution in [0, 0.1) is 5.82 Å². The summed E-state index contributed by atoms with van der Waals surface area (Å²) in [6.07, 6.45) is 0.0117. The van der Waals surface area contributed by atoms with E-state index in [0.717, 1.165) is 6.07 Å². The van der Waals surface area contributed by atoms with E-state index in [2.05, 4.69) is 21.2 Å². The Labute approximate surface area is 113 Å². The van der Waals surface area contributed by atoms with E-state index >= 15 is 0 Å². The molecule has 0 saturated heterocycles. The second-order valence-electron chi connectivity index (χ2n) is 4.61. The standard InChI is InChI=1S/C12H14BrFN2O2/c1-12(2,6-10(15)17)16-11(18)7-3-4-8(13)9(14)5-7/h3-5H,6H2,1-2H3,(H2,15,17)(H,16,18). The predicted molar refractivity (Wildman–Crippen MR) is 69.5 cm³/mol. The van der Waals surface area contributed by atoms with Crippen molar-refractivity contribution in [1.29, 1.82) is 0 Å². The SMILES string of the molecule is CC(C)(CC(N)=O)NC(=O)c1ccc(Br)c(F)c1. The molecule has 0 aliphatic heterocycles. The van der Waals surface area contributed by atoms with Gasteiger partial charge in [0.1, 0.15) is 5.82 Å². The number of carbonyl (C=O) groups excluding carboxylic acids is 2. The van der Waals surface area contributed by atoms with Crippen LogP contribution in [0.5, 0.6) is 0 Å². The number of amides is 2. The highest BCUT2D eigenvalue weighted by Gasteiger charge is 2.23. The Hall–Kier alpha value is -1.43. The van der Waals surface area contributed by atoms with Gasteiger partial charge in [-0.25, -0.2) is 4.39 Å². The molecular formula is C12H14BrFN2O2. The van der Waals surface area contributed by atoms with Crippen LogP contribution in [0.1, 0.15) is 30.6 Å². The van der Waals surface area contributed by atoms with E-state index in [1.807, 2.05) is 0 Å². The summed E-state index contributed by atoms with van der Waals surface area (Å²) >= 11 is 3.00. The highest BCUT2D eigenvalue weighted by molar-refractivity contribution is 9.10. The fourth-order valence-corrected chi connectivity index (χ4v) is 1.74. The van der Waals surface area contributed by atoms with Gasteiger partial charge in [0.15, 0.2) is 0 Å². The van der Waals surface area contributed by atoms with Crippen molar-refractivity contribution in [3.8, 4) is 0 Å². The molecule has 1 aromatic carbocycles. The van der Waals surface area contributed by atoms with Crippen LogP contribution in [0.4, 0.5) is 4.39 Å². The third-order valence-corrected chi connectivity index (χ3v) is 2.89. The Morgan fingerprint density at radius 2 is 2.06 bits per heavy atom. The van der Waals surface area contributed by atoms with Gasteiger partial charge in [0, 0.05) is 17.5 Å². The molecule has 0 atom stereocenters. The molecule has 4 nitrogen and oxygen atoms in total. The van der Waals surface area contributed by atoms with Crippen LogP contribution in [0.3, 0.4) is 0 Å². The van der Waals surface area contributed by atoms with Crippen LogP contribution >= 0.6 is 15.9 Å². The smallest absolute Gasteiger partial charge is 0.251 e. The van der Waals surface area contributed by atoms with Crippen molar-refractivity contribution in [3.63, 3.8) is 0 Å². The first-order chi connectivity index (χ1) is 8.21. The molecule has 0 saturated carbocycles. The van der Waals surface area contributed by atoms with Crippen LogP contribution in [0.25, 0.3) is 0 Å². The molecule has 98 valence electrons. The average molecular weight is 317 g/mol. The fourth-order valence-electron chi connectivity index (χ4n) is 1.50. The van der Waals surface area contributed by atoms with Gasteiger partial charge in [-0.2, -0.15) is 0 Å². The Morgan fingerprint density at radius 3 is 2.56 bits per heavy atom. The average Bonchev–Trinajstić information content (AvgIpc) is 2.19. The third-order valence-electron chi connectivity index (χ3n) is 2.25. The second-order valence-corrected chi connectivity index (χ2v) is 5.46. The number of halogens is 2. The summed E-state index contributed by atoms with van der Waals surface area (Å²) in [7, 11) is 0. The lowest BCUT2D eigenvalue weighted by Gasteiger charge is -2.24. The molecule has 0 aromatic heterocycles. The van der Waals surface area contributed by atoms with Gasteiger partial charge < -0.3 is 11.1 Å². The van der Waals surface area contributed by atoms with Crippen molar-refractivity contribution in [2.45, 2.75) is 25.8 Å². The Morgan fingerprint density at radius 1 is 1.44 bits per heavy atom. The zero-order chi connectivity index (χ0) is 13.9. The number of primary amides is 1. The first-order valence-electron chi connectivity index (χ1n) is 5.27. The monoisotopic (exact) mass is 316 g/mol.